The largest absolute Gasteiger partial charge is 0.476 e. The van der Waals surface area contributed by atoms with Gasteiger partial charge in [0.2, 0.25) is 0 Å². The Balaban J connectivity index is 2.27. The number of carboxylic acid groups (broad SMARTS) is 1. The maximum Gasteiger partial charge on any atom is 0.355 e. The fourth-order valence-corrected chi connectivity index (χ4v) is 2.50. The van der Waals surface area contributed by atoms with Crippen LogP contribution in [0, 0.1) is 18.3 Å². The van der Waals surface area contributed by atoms with Gasteiger partial charge in [-0.15, -0.1) is 11.3 Å². The van der Waals surface area contributed by atoms with Crippen LogP contribution in [0.5, 0.6) is 0 Å². The van der Waals surface area contributed by atoms with E-state index in [0.29, 0.717) is 26.3 Å². The summed E-state index contributed by atoms with van der Waals surface area (Å²) in [5, 5.41) is 21.4. The third kappa shape index (κ3) is 2.84. The van der Waals surface area contributed by atoms with E-state index in [9.17, 15) is 4.79 Å². The Bertz CT molecular complexity index is 691. The highest BCUT2D eigenvalue weighted by molar-refractivity contribution is 7.15. The molecule has 0 atom stereocenters. The van der Waals surface area contributed by atoms with Crippen LogP contribution in [0.3, 0.4) is 0 Å². The molecule has 2 rings (SSSR count). The lowest BCUT2D eigenvalue weighted by atomic mass is 10.2. The minimum absolute atomic E-state index is 0.0345. The topological polar surface area (TPSA) is 86.0 Å². The van der Waals surface area contributed by atoms with Gasteiger partial charge in [-0.05, 0) is 25.1 Å². The van der Waals surface area contributed by atoms with Crippen LogP contribution in [0.2, 0.25) is 5.02 Å². The van der Waals surface area contributed by atoms with Crippen LogP contribution in [-0.4, -0.2) is 16.1 Å². The number of aromatic carboxylic acids is 1. The van der Waals surface area contributed by atoms with E-state index in [-0.39, 0.29) is 5.69 Å². The lowest BCUT2D eigenvalue weighted by molar-refractivity contribution is 0.0690. The van der Waals surface area contributed by atoms with Crippen molar-refractivity contribution in [3.05, 3.63) is 39.4 Å². The van der Waals surface area contributed by atoms with Gasteiger partial charge in [0, 0.05) is 10.6 Å². The van der Waals surface area contributed by atoms with Gasteiger partial charge in [0.05, 0.1) is 10.6 Å². The van der Waals surface area contributed by atoms with Gasteiger partial charge in [-0.2, -0.15) is 5.26 Å². The van der Waals surface area contributed by atoms with Gasteiger partial charge in [0.15, 0.2) is 10.8 Å². The predicted molar refractivity (Wildman–Crippen MR) is 73.3 cm³/mol. The number of nitrogens with zero attached hydrogens (tertiary/aromatic N) is 2. The molecule has 0 aliphatic carbocycles. The molecule has 0 radical (unpaired) electrons. The van der Waals surface area contributed by atoms with Gasteiger partial charge in [0.25, 0.3) is 0 Å². The van der Waals surface area contributed by atoms with Crippen molar-refractivity contribution in [2.24, 2.45) is 0 Å². The highest BCUT2D eigenvalue weighted by Gasteiger charge is 2.14. The van der Waals surface area contributed by atoms with E-state index >= 15 is 0 Å². The maximum absolute atomic E-state index is 10.9. The Labute approximate surface area is 118 Å². The zero-order chi connectivity index (χ0) is 14.0. The number of thiazole rings is 1. The van der Waals surface area contributed by atoms with Crippen molar-refractivity contribution in [2.45, 2.75) is 6.92 Å². The van der Waals surface area contributed by atoms with E-state index in [0.717, 1.165) is 0 Å². The normalized spacial score (nSPS) is 9.95. The van der Waals surface area contributed by atoms with Crippen LogP contribution in [0.1, 0.15) is 20.9 Å². The van der Waals surface area contributed by atoms with Gasteiger partial charge >= 0.3 is 5.97 Å². The van der Waals surface area contributed by atoms with Gasteiger partial charge in [0.1, 0.15) is 6.07 Å². The zero-order valence-corrected chi connectivity index (χ0v) is 11.3. The molecule has 0 bridgehead atoms. The molecule has 7 heteroatoms. The van der Waals surface area contributed by atoms with E-state index in [2.05, 4.69) is 10.3 Å². The fourth-order valence-electron chi connectivity index (χ4n) is 1.46. The second kappa shape index (κ2) is 5.26. The van der Waals surface area contributed by atoms with Crippen molar-refractivity contribution >= 4 is 39.7 Å². The van der Waals surface area contributed by atoms with Crippen LogP contribution < -0.4 is 5.32 Å². The summed E-state index contributed by atoms with van der Waals surface area (Å²) in [5.41, 5.74) is 1.07. The molecular weight excluding hydrogens is 286 g/mol. The third-order valence-electron chi connectivity index (χ3n) is 2.34. The summed E-state index contributed by atoms with van der Waals surface area (Å²) in [7, 11) is 0. The number of aromatic nitrogens is 1. The van der Waals surface area contributed by atoms with Gasteiger partial charge in [-0.1, -0.05) is 11.6 Å². The molecule has 0 fully saturated rings. The number of hydrogen-bond acceptors (Lipinski definition) is 5. The fraction of sp³-hybridized carbons (Fsp3) is 0.0833. The number of nitriles is 1. The Morgan fingerprint density at radius 3 is 2.84 bits per heavy atom. The number of anilines is 2. The molecule has 2 aromatic rings. The summed E-state index contributed by atoms with van der Waals surface area (Å²) in [6.45, 7) is 1.69. The van der Waals surface area contributed by atoms with Gasteiger partial charge in [-0.3, -0.25) is 0 Å². The lowest BCUT2D eigenvalue weighted by Gasteiger charge is -2.03. The molecule has 0 unspecified atom stereocenters. The van der Waals surface area contributed by atoms with Crippen LogP contribution in [0.25, 0.3) is 0 Å². The van der Waals surface area contributed by atoms with E-state index < -0.39 is 5.97 Å². The number of nitrogens with one attached hydrogen (secondary N) is 1. The van der Waals surface area contributed by atoms with Crippen LogP contribution in [0.15, 0.2) is 18.2 Å². The monoisotopic (exact) mass is 293 g/mol. The summed E-state index contributed by atoms with van der Waals surface area (Å²) >= 11 is 7.15. The average Bonchev–Trinajstić information content (AvgIpc) is 2.70. The number of rotatable bonds is 3. The summed E-state index contributed by atoms with van der Waals surface area (Å²) in [6, 6.07) is 6.83. The van der Waals surface area contributed by atoms with Gasteiger partial charge in [-0.25, -0.2) is 9.78 Å². The van der Waals surface area contributed by atoms with E-state index in [1.165, 1.54) is 11.3 Å². The van der Waals surface area contributed by atoms with E-state index in [1.807, 2.05) is 6.07 Å². The Kier molecular flexibility index (Phi) is 3.69. The highest BCUT2D eigenvalue weighted by Crippen LogP contribution is 2.27. The minimum atomic E-state index is -1.06. The molecule has 1 aromatic heterocycles. The number of carbonyl (C=O) groups is 1. The molecule has 0 amide bonds. The molecule has 2 N–H and O–H groups in total. The first kappa shape index (κ1) is 13.3. The number of aryl methyl sites for hydroxylation is 1. The van der Waals surface area contributed by atoms with Crippen molar-refractivity contribution in [3.63, 3.8) is 0 Å². The van der Waals surface area contributed by atoms with Crippen LogP contribution in [0.4, 0.5) is 10.8 Å². The van der Waals surface area contributed by atoms with Crippen molar-refractivity contribution < 1.29 is 9.90 Å². The Morgan fingerprint density at radius 2 is 2.32 bits per heavy atom. The van der Waals surface area contributed by atoms with Crippen molar-refractivity contribution in [1.82, 2.24) is 4.98 Å². The van der Waals surface area contributed by atoms with Crippen molar-refractivity contribution in [2.75, 3.05) is 5.32 Å². The standard InChI is InChI=1S/C12H8ClN3O2S/c1-6-10(11(17)18)16-12(19-6)15-8-3-2-7(5-14)9(13)4-8/h2-4H,1H3,(H,15,16)(H,17,18). The molecule has 0 spiro atoms. The molecule has 1 heterocycles. The van der Waals surface area contributed by atoms with Crippen molar-refractivity contribution in [3.8, 4) is 6.07 Å². The second-order valence-corrected chi connectivity index (χ2v) is 5.27. The van der Waals surface area contributed by atoms with E-state index in [1.54, 1.807) is 25.1 Å². The first-order valence-corrected chi connectivity index (χ1v) is 6.38. The smallest absolute Gasteiger partial charge is 0.355 e. The molecule has 96 valence electrons. The molecule has 19 heavy (non-hydrogen) atoms. The summed E-state index contributed by atoms with van der Waals surface area (Å²) in [5.74, 6) is -1.06. The molecular formula is C12H8ClN3O2S. The van der Waals surface area contributed by atoms with E-state index in [4.69, 9.17) is 22.0 Å². The van der Waals surface area contributed by atoms with Crippen LogP contribution in [-0.2, 0) is 0 Å². The number of hydrogen-bond donors (Lipinski definition) is 2. The lowest BCUT2D eigenvalue weighted by Crippen LogP contribution is -1.99. The van der Waals surface area contributed by atoms with Gasteiger partial charge < -0.3 is 10.4 Å². The Hall–Kier alpha value is -2.10. The number of benzene rings is 1. The minimum Gasteiger partial charge on any atom is -0.476 e. The van der Waals surface area contributed by atoms with Crippen LogP contribution >= 0.6 is 22.9 Å². The molecule has 5 nitrogen and oxygen atoms in total. The predicted octanol–water partition coefficient (Wildman–Crippen LogP) is 3.42. The molecule has 1 aromatic carbocycles. The van der Waals surface area contributed by atoms with Crippen molar-refractivity contribution in [1.29, 1.82) is 5.26 Å². The summed E-state index contributed by atoms with van der Waals surface area (Å²) < 4.78 is 0. The third-order valence-corrected chi connectivity index (χ3v) is 3.54. The number of carboxylic acids is 1. The quantitative estimate of drug-likeness (QED) is 0.905. The summed E-state index contributed by atoms with van der Waals surface area (Å²) in [6.07, 6.45) is 0. The first-order valence-electron chi connectivity index (χ1n) is 5.18. The number of halogens is 1. The molecule has 0 saturated heterocycles. The zero-order valence-electron chi connectivity index (χ0n) is 9.77. The molecule has 0 saturated carbocycles. The maximum atomic E-state index is 10.9. The molecule has 0 aliphatic rings. The first-order chi connectivity index (χ1) is 9.01. The SMILES string of the molecule is Cc1sc(Nc2ccc(C#N)c(Cl)c2)nc1C(=O)O. The Morgan fingerprint density at radius 1 is 1.58 bits per heavy atom. The second-order valence-electron chi connectivity index (χ2n) is 3.66. The highest BCUT2D eigenvalue weighted by atomic mass is 35.5. The average molecular weight is 294 g/mol. The molecule has 0 aliphatic heterocycles. The summed E-state index contributed by atoms with van der Waals surface area (Å²) in [4.78, 5) is 15.5.